The van der Waals surface area contributed by atoms with Gasteiger partial charge in [-0.05, 0) is 12.1 Å². The number of hydrogen-bond acceptors (Lipinski definition) is 3. The van der Waals surface area contributed by atoms with E-state index in [9.17, 15) is 9.59 Å². The minimum Gasteiger partial charge on any atom is -0.316 e. The highest BCUT2D eigenvalue weighted by atomic mass is 16.2. The Balaban J connectivity index is 1.99. The number of imide groups is 1. The van der Waals surface area contributed by atoms with E-state index in [0.29, 0.717) is 0 Å². The second kappa shape index (κ2) is 4.42. The van der Waals surface area contributed by atoms with Crippen molar-refractivity contribution in [2.75, 3.05) is 0 Å². The second-order valence-corrected chi connectivity index (χ2v) is 4.07. The first-order valence-corrected chi connectivity index (χ1v) is 5.70. The molecule has 1 aliphatic rings. The van der Waals surface area contributed by atoms with Crippen LogP contribution in [0.15, 0.2) is 36.7 Å². The molecule has 1 aliphatic heterocycles. The van der Waals surface area contributed by atoms with E-state index < -0.39 is 18.0 Å². The fourth-order valence-electron chi connectivity index (χ4n) is 1.90. The minimum absolute atomic E-state index is 0.417. The zero-order valence-corrected chi connectivity index (χ0v) is 9.81. The Hall–Kier alpha value is -2.87. The van der Waals surface area contributed by atoms with E-state index in [-0.39, 0.29) is 0 Å². The summed E-state index contributed by atoms with van der Waals surface area (Å²) in [7, 11) is 0. The van der Waals surface area contributed by atoms with Crippen molar-refractivity contribution < 1.29 is 9.59 Å². The maximum Gasteiger partial charge on any atom is 0.322 e. The molecule has 92 valence electrons. The molecule has 5 nitrogen and oxygen atoms in total. The number of urea groups is 1. The van der Waals surface area contributed by atoms with Crippen molar-refractivity contribution >= 4 is 22.7 Å². The Kier molecular flexibility index (Phi) is 2.62. The van der Waals surface area contributed by atoms with Gasteiger partial charge in [-0.2, -0.15) is 0 Å². The number of amides is 3. The quantitative estimate of drug-likeness (QED) is 0.537. The van der Waals surface area contributed by atoms with E-state index in [1.165, 1.54) is 0 Å². The number of nitrogens with one attached hydrogen (secondary N) is 2. The highest BCUT2D eigenvalue weighted by molar-refractivity contribution is 6.06. The Bertz CT molecular complexity index is 738. The molecule has 1 atom stereocenters. The molecule has 1 aromatic heterocycles. The zero-order chi connectivity index (χ0) is 13.2. The highest BCUT2D eigenvalue weighted by Gasteiger charge is 2.27. The molecule has 1 fully saturated rings. The van der Waals surface area contributed by atoms with Gasteiger partial charge in [-0.25, -0.2) is 4.79 Å². The van der Waals surface area contributed by atoms with Crippen molar-refractivity contribution in [2.45, 2.75) is 6.04 Å². The first-order chi connectivity index (χ1) is 9.24. The fraction of sp³-hybridized carbons (Fsp3) is 0.0714. The number of fused-ring (bicyclic) bond motifs is 1. The standard InChI is InChI=1S/C14H9N3O2/c18-13-12(16-14(19)17-13)5-4-9-2-1-3-10-8-15-7-6-11(9)10/h1-3,6-8,12H,(H2,16,17,18,19). The van der Waals surface area contributed by atoms with Crippen molar-refractivity contribution in [3.8, 4) is 11.8 Å². The van der Waals surface area contributed by atoms with Gasteiger partial charge in [0.2, 0.25) is 0 Å². The van der Waals surface area contributed by atoms with Crippen LogP contribution in [0.25, 0.3) is 10.8 Å². The topological polar surface area (TPSA) is 71.1 Å². The van der Waals surface area contributed by atoms with Crippen LogP contribution in [0.3, 0.4) is 0 Å². The van der Waals surface area contributed by atoms with Gasteiger partial charge in [0.15, 0.2) is 6.04 Å². The van der Waals surface area contributed by atoms with Gasteiger partial charge < -0.3 is 5.32 Å². The van der Waals surface area contributed by atoms with Gasteiger partial charge >= 0.3 is 6.03 Å². The van der Waals surface area contributed by atoms with E-state index >= 15 is 0 Å². The molecule has 1 unspecified atom stereocenters. The molecule has 3 amide bonds. The molecule has 2 aromatic rings. The molecule has 19 heavy (non-hydrogen) atoms. The Labute approximate surface area is 109 Å². The van der Waals surface area contributed by atoms with Crippen molar-refractivity contribution in [2.24, 2.45) is 0 Å². The van der Waals surface area contributed by atoms with Gasteiger partial charge in [0.1, 0.15) is 0 Å². The molecule has 0 bridgehead atoms. The average molecular weight is 251 g/mol. The Morgan fingerprint density at radius 1 is 1.21 bits per heavy atom. The maximum atomic E-state index is 11.4. The smallest absolute Gasteiger partial charge is 0.316 e. The lowest BCUT2D eigenvalue weighted by atomic mass is 10.1. The van der Waals surface area contributed by atoms with Crippen LogP contribution in [0.2, 0.25) is 0 Å². The van der Waals surface area contributed by atoms with Crippen LogP contribution in [0, 0.1) is 11.8 Å². The third-order valence-corrected chi connectivity index (χ3v) is 2.81. The van der Waals surface area contributed by atoms with Crippen molar-refractivity contribution in [3.63, 3.8) is 0 Å². The van der Waals surface area contributed by atoms with Crippen LogP contribution in [-0.2, 0) is 4.79 Å². The molecule has 3 rings (SSSR count). The SMILES string of the molecule is O=C1NC(=O)C(C#Cc2cccc3cnccc23)N1. The van der Waals surface area contributed by atoms with E-state index in [4.69, 9.17) is 0 Å². The van der Waals surface area contributed by atoms with Gasteiger partial charge in [0.05, 0.1) is 0 Å². The Morgan fingerprint density at radius 2 is 2.11 bits per heavy atom. The predicted octanol–water partition coefficient (Wildman–Crippen LogP) is 0.794. The summed E-state index contributed by atoms with van der Waals surface area (Å²) in [5.74, 6) is 5.27. The summed E-state index contributed by atoms with van der Waals surface area (Å²) in [6.07, 6.45) is 3.45. The van der Waals surface area contributed by atoms with E-state index in [1.54, 1.807) is 12.4 Å². The number of rotatable bonds is 0. The lowest BCUT2D eigenvalue weighted by Gasteiger charge is -1.99. The van der Waals surface area contributed by atoms with Crippen LogP contribution in [-0.4, -0.2) is 23.0 Å². The molecule has 2 N–H and O–H groups in total. The van der Waals surface area contributed by atoms with Crippen LogP contribution >= 0.6 is 0 Å². The third-order valence-electron chi connectivity index (χ3n) is 2.81. The van der Waals surface area contributed by atoms with E-state index in [2.05, 4.69) is 27.5 Å². The summed E-state index contributed by atoms with van der Waals surface area (Å²) in [4.78, 5) is 26.4. The molecular formula is C14H9N3O2. The molecule has 0 aliphatic carbocycles. The van der Waals surface area contributed by atoms with Gasteiger partial charge in [-0.1, -0.05) is 24.0 Å². The second-order valence-electron chi connectivity index (χ2n) is 4.07. The number of benzene rings is 1. The van der Waals surface area contributed by atoms with Crippen LogP contribution < -0.4 is 10.6 Å². The summed E-state index contributed by atoms with van der Waals surface area (Å²) < 4.78 is 0. The lowest BCUT2D eigenvalue weighted by molar-refractivity contribution is -0.119. The molecule has 1 aromatic carbocycles. The first-order valence-electron chi connectivity index (χ1n) is 5.70. The average Bonchev–Trinajstić information content (AvgIpc) is 2.74. The highest BCUT2D eigenvalue weighted by Crippen LogP contribution is 2.16. The van der Waals surface area contributed by atoms with Gasteiger partial charge in [-0.3, -0.25) is 15.1 Å². The van der Waals surface area contributed by atoms with Crippen LogP contribution in [0.1, 0.15) is 5.56 Å². The maximum absolute atomic E-state index is 11.4. The van der Waals surface area contributed by atoms with Gasteiger partial charge in [0, 0.05) is 28.7 Å². The molecule has 2 heterocycles. The molecule has 0 radical (unpaired) electrons. The normalized spacial score (nSPS) is 17.6. The third kappa shape index (κ3) is 2.11. The number of hydrogen-bond donors (Lipinski definition) is 2. The number of nitrogens with zero attached hydrogens (tertiary/aromatic N) is 1. The minimum atomic E-state index is -0.787. The van der Waals surface area contributed by atoms with Crippen molar-refractivity contribution in [3.05, 3.63) is 42.2 Å². The molecule has 5 heteroatoms. The zero-order valence-electron chi connectivity index (χ0n) is 9.81. The van der Waals surface area contributed by atoms with Crippen molar-refractivity contribution in [1.29, 1.82) is 0 Å². The van der Waals surface area contributed by atoms with Crippen molar-refractivity contribution in [1.82, 2.24) is 15.6 Å². The summed E-state index contributed by atoms with van der Waals surface area (Å²) >= 11 is 0. The summed E-state index contributed by atoms with van der Waals surface area (Å²) in [5, 5.41) is 6.52. The summed E-state index contributed by atoms with van der Waals surface area (Å²) in [5.41, 5.74) is 0.800. The van der Waals surface area contributed by atoms with Crippen LogP contribution in [0.4, 0.5) is 4.79 Å². The number of carbonyl (C=O) groups excluding carboxylic acids is 2. The van der Waals surface area contributed by atoms with Gasteiger partial charge in [0.25, 0.3) is 5.91 Å². The lowest BCUT2D eigenvalue weighted by Crippen LogP contribution is -2.26. The molecule has 0 saturated carbocycles. The number of pyridine rings is 1. The summed E-state index contributed by atoms with van der Waals surface area (Å²) in [6, 6.07) is 6.26. The summed E-state index contributed by atoms with van der Waals surface area (Å²) in [6.45, 7) is 0. The molecule has 0 spiro atoms. The van der Waals surface area contributed by atoms with Crippen LogP contribution in [0.5, 0.6) is 0 Å². The molecular weight excluding hydrogens is 242 g/mol. The number of aromatic nitrogens is 1. The predicted molar refractivity (Wildman–Crippen MR) is 69.1 cm³/mol. The first kappa shape index (κ1) is 11.2. The Morgan fingerprint density at radius 3 is 2.89 bits per heavy atom. The van der Waals surface area contributed by atoms with Gasteiger partial charge in [-0.15, -0.1) is 0 Å². The van der Waals surface area contributed by atoms with E-state index in [0.717, 1.165) is 16.3 Å². The fourth-order valence-corrected chi connectivity index (χ4v) is 1.90. The number of carbonyl (C=O) groups is 2. The monoisotopic (exact) mass is 251 g/mol. The molecule has 1 saturated heterocycles. The largest absolute Gasteiger partial charge is 0.322 e. The van der Waals surface area contributed by atoms with E-state index in [1.807, 2.05) is 24.3 Å².